The lowest BCUT2D eigenvalue weighted by Gasteiger charge is -2.29. The van der Waals surface area contributed by atoms with Crippen LogP contribution in [0.5, 0.6) is 0 Å². The Kier molecular flexibility index (Phi) is 6.41. The zero-order chi connectivity index (χ0) is 16.9. The highest BCUT2D eigenvalue weighted by Crippen LogP contribution is 2.26. The van der Waals surface area contributed by atoms with Crippen LogP contribution in [0.1, 0.15) is 37.8 Å². The molecule has 1 aromatic carbocycles. The summed E-state index contributed by atoms with van der Waals surface area (Å²) in [7, 11) is -3.56. The van der Waals surface area contributed by atoms with Crippen LogP contribution in [0.3, 0.4) is 0 Å². The third-order valence-electron chi connectivity index (χ3n) is 3.52. The van der Waals surface area contributed by atoms with Gasteiger partial charge >= 0.3 is 0 Å². The Morgan fingerprint density at radius 3 is 2.50 bits per heavy atom. The third-order valence-corrected chi connectivity index (χ3v) is 4.75. The van der Waals surface area contributed by atoms with Crippen LogP contribution in [0.15, 0.2) is 18.2 Å². The molecule has 0 aromatic heterocycles. The highest BCUT2D eigenvalue weighted by Gasteiger charge is 2.29. The number of benzene rings is 1. The van der Waals surface area contributed by atoms with Gasteiger partial charge in [0.25, 0.3) is 0 Å². The average molecular weight is 326 g/mol. The van der Waals surface area contributed by atoms with Crippen molar-refractivity contribution < 1.29 is 13.2 Å². The molecule has 5 nitrogen and oxygen atoms in total. The molecule has 1 N–H and O–H groups in total. The molecule has 22 heavy (non-hydrogen) atoms. The first-order valence-corrected chi connectivity index (χ1v) is 9.37. The fourth-order valence-corrected chi connectivity index (χ4v) is 3.50. The number of hydrogen-bond donors (Lipinski definition) is 1. The number of hydrogen-bond acceptors (Lipinski definition) is 3. The first-order chi connectivity index (χ1) is 10.2. The number of nitrogens with zero attached hydrogens (tertiary/aromatic N) is 1. The summed E-state index contributed by atoms with van der Waals surface area (Å²) in [4.78, 5) is 12.3. The molecule has 1 amide bonds. The molecule has 1 atom stereocenters. The predicted molar refractivity (Wildman–Crippen MR) is 90.6 cm³/mol. The lowest BCUT2D eigenvalue weighted by atomic mass is 10.1. The topological polar surface area (TPSA) is 66.5 Å². The second-order valence-electron chi connectivity index (χ2n) is 5.67. The van der Waals surface area contributed by atoms with Crippen molar-refractivity contribution in [3.05, 3.63) is 29.3 Å². The van der Waals surface area contributed by atoms with Gasteiger partial charge < -0.3 is 5.32 Å². The molecular formula is C16H26N2O3S. The first-order valence-electron chi connectivity index (χ1n) is 7.52. The number of unbranched alkanes of at least 4 members (excludes halogenated alkanes) is 1. The molecule has 0 fully saturated rings. The maximum absolute atomic E-state index is 12.3. The summed E-state index contributed by atoms with van der Waals surface area (Å²) in [5.74, 6) is -0.278. The van der Waals surface area contributed by atoms with E-state index in [0.717, 1.165) is 30.2 Å². The quantitative estimate of drug-likeness (QED) is 0.782. The van der Waals surface area contributed by atoms with Crippen molar-refractivity contribution in [3.63, 3.8) is 0 Å². The van der Waals surface area contributed by atoms with Crippen LogP contribution in [0.25, 0.3) is 0 Å². The molecule has 0 spiro atoms. The van der Waals surface area contributed by atoms with E-state index in [9.17, 15) is 13.2 Å². The Labute approximate surface area is 133 Å². The number of sulfonamides is 1. The third kappa shape index (κ3) is 4.73. The zero-order valence-electron chi connectivity index (χ0n) is 14.0. The second-order valence-corrected chi connectivity index (χ2v) is 7.53. The van der Waals surface area contributed by atoms with Crippen LogP contribution in [0, 0.1) is 13.8 Å². The Hall–Kier alpha value is -1.56. The van der Waals surface area contributed by atoms with E-state index in [-0.39, 0.29) is 5.91 Å². The highest BCUT2D eigenvalue weighted by molar-refractivity contribution is 7.92. The van der Waals surface area contributed by atoms with E-state index in [0.29, 0.717) is 12.2 Å². The molecule has 0 radical (unpaired) electrons. The van der Waals surface area contributed by atoms with E-state index in [4.69, 9.17) is 0 Å². The van der Waals surface area contributed by atoms with Crippen molar-refractivity contribution in [2.75, 3.05) is 17.1 Å². The van der Waals surface area contributed by atoms with Crippen molar-refractivity contribution in [2.24, 2.45) is 0 Å². The molecule has 0 heterocycles. The van der Waals surface area contributed by atoms with E-state index in [1.165, 1.54) is 4.31 Å². The largest absolute Gasteiger partial charge is 0.354 e. The number of carbonyl (C=O) groups is 1. The lowest BCUT2D eigenvalue weighted by molar-refractivity contribution is -0.121. The Morgan fingerprint density at radius 1 is 1.32 bits per heavy atom. The average Bonchev–Trinajstić information content (AvgIpc) is 2.41. The standard InChI is InChI=1S/C16H26N2O3S/c1-6-7-10-17-16(19)14(4)18(22(5,20)21)15-11-12(2)8-9-13(15)3/h8-9,11,14H,6-7,10H2,1-5H3,(H,17,19)/t14-/m1/s1. The van der Waals surface area contributed by atoms with Crippen LogP contribution in [0.4, 0.5) is 5.69 Å². The number of aryl methyl sites for hydroxylation is 2. The van der Waals surface area contributed by atoms with Gasteiger partial charge in [-0.05, 0) is 44.4 Å². The summed E-state index contributed by atoms with van der Waals surface area (Å²) in [6, 6.07) is 4.80. The van der Waals surface area contributed by atoms with E-state index in [1.807, 2.05) is 32.9 Å². The van der Waals surface area contributed by atoms with Crippen LogP contribution in [0.2, 0.25) is 0 Å². The van der Waals surface area contributed by atoms with E-state index >= 15 is 0 Å². The minimum atomic E-state index is -3.56. The normalized spacial score (nSPS) is 12.8. The molecule has 0 saturated carbocycles. The second kappa shape index (κ2) is 7.63. The summed E-state index contributed by atoms with van der Waals surface area (Å²) >= 11 is 0. The molecule has 0 bridgehead atoms. The molecule has 0 aliphatic rings. The van der Waals surface area contributed by atoms with Gasteiger partial charge in [0.2, 0.25) is 15.9 Å². The van der Waals surface area contributed by atoms with E-state index in [2.05, 4.69) is 5.32 Å². The zero-order valence-corrected chi connectivity index (χ0v) is 14.8. The monoisotopic (exact) mass is 326 g/mol. The van der Waals surface area contributed by atoms with E-state index < -0.39 is 16.1 Å². The van der Waals surface area contributed by atoms with Gasteiger partial charge in [0.1, 0.15) is 6.04 Å². The van der Waals surface area contributed by atoms with Gasteiger partial charge in [-0.3, -0.25) is 9.10 Å². The molecule has 1 rings (SSSR count). The fraction of sp³-hybridized carbons (Fsp3) is 0.562. The molecule has 6 heteroatoms. The Bertz CT molecular complexity index is 626. The van der Waals surface area contributed by atoms with Crippen LogP contribution < -0.4 is 9.62 Å². The SMILES string of the molecule is CCCCNC(=O)[C@@H](C)N(c1cc(C)ccc1C)S(C)(=O)=O. The minimum absolute atomic E-state index is 0.278. The molecule has 0 aliphatic heterocycles. The van der Waals surface area contributed by atoms with Gasteiger partial charge in [-0.1, -0.05) is 25.5 Å². The lowest BCUT2D eigenvalue weighted by Crippen LogP contribution is -2.48. The molecule has 1 aromatic rings. The molecule has 0 saturated heterocycles. The van der Waals surface area contributed by atoms with Crippen molar-refractivity contribution in [2.45, 2.75) is 46.6 Å². The van der Waals surface area contributed by atoms with Gasteiger partial charge in [-0.25, -0.2) is 8.42 Å². The van der Waals surface area contributed by atoms with Crippen LogP contribution in [-0.2, 0) is 14.8 Å². The van der Waals surface area contributed by atoms with Gasteiger partial charge in [-0.15, -0.1) is 0 Å². The van der Waals surface area contributed by atoms with Crippen LogP contribution in [-0.4, -0.2) is 33.2 Å². The van der Waals surface area contributed by atoms with Gasteiger partial charge in [-0.2, -0.15) is 0 Å². The highest BCUT2D eigenvalue weighted by atomic mass is 32.2. The summed E-state index contributed by atoms with van der Waals surface area (Å²) in [5.41, 5.74) is 2.33. The fourth-order valence-electron chi connectivity index (χ4n) is 2.27. The van der Waals surface area contributed by atoms with Crippen molar-refractivity contribution in [3.8, 4) is 0 Å². The molecule has 0 unspecified atom stereocenters. The Morgan fingerprint density at radius 2 is 1.95 bits per heavy atom. The van der Waals surface area contributed by atoms with E-state index in [1.54, 1.807) is 13.0 Å². The smallest absolute Gasteiger partial charge is 0.243 e. The number of rotatable bonds is 7. The minimum Gasteiger partial charge on any atom is -0.354 e. The first kappa shape index (κ1) is 18.5. The Balaban J connectivity index is 3.14. The number of nitrogens with one attached hydrogen (secondary N) is 1. The number of amides is 1. The molecule has 124 valence electrons. The maximum atomic E-state index is 12.3. The van der Waals surface area contributed by atoms with Gasteiger partial charge in [0.15, 0.2) is 0 Å². The van der Waals surface area contributed by atoms with Crippen molar-refractivity contribution in [1.82, 2.24) is 5.32 Å². The van der Waals surface area contributed by atoms with Crippen molar-refractivity contribution >= 4 is 21.6 Å². The maximum Gasteiger partial charge on any atom is 0.243 e. The van der Waals surface area contributed by atoms with Crippen LogP contribution >= 0.6 is 0 Å². The summed E-state index contributed by atoms with van der Waals surface area (Å²) in [5, 5.41) is 2.79. The predicted octanol–water partition coefficient (Wildman–Crippen LogP) is 2.37. The van der Waals surface area contributed by atoms with Gasteiger partial charge in [0, 0.05) is 6.54 Å². The number of carbonyl (C=O) groups excluding carboxylic acids is 1. The number of anilines is 1. The summed E-state index contributed by atoms with van der Waals surface area (Å²) < 4.78 is 25.6. The molecular weight excluding hydrogens is 300 g/mol. The summed E-state index contributed by atoms with van der Waals surface area (Å²) in [6.45, 7) is 7.95. The summed E-state index contributed by atoms with van der Waals surface area (Å²) in [6.07, 6.45) is 2.98. The van der Waals surface area contributed by atoms with Crippen molar-refractivity contribution in [1.29, 1.82) is 0 Å². The van der Waals surface area contributed by atoms with Gasteiger partial charge in [0.05, 0.1) is 11.9 Å². The molecule has 0 aliphatic carbocycles.